The number of halogens is 6. The van der Waals surface area contributed by atoms with E-state index >= 15 is 0 Å². The van der Waals surface area contributed by atoms with Gasteiger partial charge < -0.3 is 0 Å². The lowest BCUT2D eigenvalue weighted by molar-refractivity contribution is -0.371. The van der Waals surface area contributed by atoms with E-state index in [1.807, 2.05) is 0 Å². The molecule has 0 bridgehead atoms. The molecule has 86 valence electrons. The summed E-state index contributed by atoms with van der Waals surface area (Å²) in [5.74, 6) is 0. The highest BCUT2D eigenvalue weighted by atomic mass is 19.4. The quantitative estimate of drug-likeness (QED) is 0.686. The van der Waals surface area contributed by atoms with Crippen LogP contribution < -0.4 is 0 Å². The molecule has 0 aliphatic rings. The molecular formula is C6H8F6O2. The highest BCUT2D eigenvalue weighted by Gasteiger charge is 2.36. The van der Waals surface area contributed by atoms with E-state index < -0.39 is 25.4 Å². The fraction of sp³-hybridized carbons (Fsp3) is 1.00. The van der Waals surface area contributed by atoms with Gasteiger partial charge in [0.1, 0.15) is 0 Å². The van der Waals surface area contributed by atoms with Crippen molar-refractivity contribution >= 4 is 0 Å². The third kappa shape index (κ3) is 8.11. The molecule has 0 aromatic rings. The van der Waals surface area contributed by atoms with E-state index in [1.54, 1.807) is 0 Å². The summed E-state index contributed by atoms with van der Waals surface area (Å²) in [4.78, 5) is 0. The Bertz CT molecular complexity index is 163. The molecule has 1 atom stereocenters. The third-order valence-electron chi connectivity index (χ3n) is 1.19. The molecule has 0 aromatic heterocycles. The monoisotopic (exact) mass is 226 g/mol. The van der Waals surface area contributed by atoms with Crippen LogP contribution in [0.25, 0.3) is 0 Å². The van der Waals surface area contributed by atoms with Crippen LogP contribution in [0.3, 0.4) is 0 Å². The van der Waals surface area contributed by atoms with Crippen LogP contribution in [-0.4, -0.2) is 25.4 Å². The van der Waals surface area contributed by atoms with E-state index in [9.17, 15) is 26.3 Å². The molecule has 0 spiro atoms. The molecule has 8 heteroatoms. The van der Waals surface area contributed by atoms with Gasteiger partial charge in [-0.25, -0.2) is 0 Å². The first-order valence-corrected chi connectivity index (χ1v) is 3.59. The zero-order valence-corrected chi connectivity index (χ0v) is 7.08. The predicted molar refractivity (Wildman–Crippen MR) is 33.2 cm³/mol. The molecule has 0 radical (unpaired) electrons. The van der Waals surface area contributed by atoms with Gasteiger partial charge in [-0.15, -0.1) is 26.3 Å². The first-order chi connectivity index (χ1) is 6.14. The molecule has 0 fully saturated rings. The largest absolute Gasteiger partial charge is 0.522 e. The van der Waals surface area contributed by atoms with Gasteiger partial charge in [0, 0.05) is 0 Å². The molecule has 0 heterocycles. The summed E-state index contributed by atoms with van der Waals surface area (Å²) in [5.41, 5.74) is 0. The number of ether oxygens (including phenoxy) is 2. The van der Waals surface area contributed by atoms with Crippen molar-refractivity contribution in [3.8, 4) is 0 Å². The SMILES string of the molecule is CCC(COC(F)(F)F)OC(F)(F)F. The Hall–Kier alpha value is -0.500. The molecule has 0 amide bonds. The van der Waals surface area contributed by atoms with Crippen LogP contribution in [0.1, 0.15) is 13.3 Å². The van der Waals surface area contributed by atoms with Crippen molar-refractivity contribution in [3.63, 3.8) is 0 Å². The number of rotatable bonds is 4. The van der Waals surface area contributed by atoms with E-state index in [1.165, 1.54) is 6.92 Å². The Labute approximate surface area is 75.8 Å². The smallest absolute Gasteiger partial charge is 0.289 e. The van der Waals surface area contributed by atoms with Crippen LogP contribution in [0.2, 0.25) is 0 Å². The fourth-order valence-corrected chi connectivity index (χ4v) is 0.612. The summed E-state index contributed by atoms with van der Waals surface area (Å²) in [6, 6.07) is 0. The molecule has 0 aromatic carbocycles. The average molecular weight is 226 g/mol. The summed E-state index contributed by atoms with van der Waals surface area (Å²) in [6.07, 6.45) is -11.8. The third-order valence-corrected chi connectivity index (χ3v) is 1.19. The van der Waals surface area contributed by atoms with E-state index in [0.29, 0.717) is 0 Å². The van der Waals surface area contributed by atoms with E-state index in [0.717, 1.165) is 0 Å². The van der Waals surface area contributed by atoms with Gasteiger partial charge >= 0.3 is 12.7 Å². The minimum Gasteiger partial charge on any atom is -0.289 e. The molecule has 2 nitrogen and oxygen atoms in total. The van der Waals surface area contributed by atoms with E-state index in [-0.39, 0.29) is 6.42 Å². The number of alkyl halides is 6. The second kappa shape index (κ2) is 4.83. The number of hydrogen-bond donors (Lipinski definition) is 0. The van der Waals surface area contributed by atoms with Gasteiger partial charge in [-0.05, 0) is 6.42 Å². The van der Waals surface area contributed by atoms with Gasteiger partial charge in [-0.3, -0.25) is 9.47 Å². The normalized spacial score (nSPS) is 15.6. The second-order valence-electron chi connectivity index (χ2n) is 2.35. The molecule has 0 aliphatic heterocycles. The van der Waals surface area contributed by atoms with Crippen LogP contribution in [0.4, 0.5) is 26.3 Å². The Morgan fingerprint density at radius 2 is 1.50 bits per heavy atom. The minimum absolute atomic E-state index is 0.227. The Morgan fingerprint density at radius 3 is 1.79 bits per heavy atom. The van der Waals surface area contributed by atoms with Crippen molar-refractivity contribution in [2.24, 2.45) is 0 Å². The molecule has 0 saturated carbocycles. The lowest BCUT2D eigenvalue weighted by atomic mass is 10.3. The van der Waals surface area contributed by atoms with Crippen molar-refractivity contribution in [1.29, 1.82) is 0 Å². The van der Waals surface area contributed by atoms with E-state index in [2.05, 4.69) is 9.47 Å². The van der Waals surface area contributed by atoms with Crippen LogP contribution in [0, 0.1) is 0 Å². The average Bonchev–Trinajstić information content (AvgIpc) is 1.94. The van der Waals surface area contributed by atoms with Crippen molar-refractivity contribution in [2.45, 2.75) is 32.2 Å². The first kappa shape index (κ1) is 13.5. The van der Waals surface area contributed by atoms with Crippen molar-refractivity contribution in [1.82, 2.24) is 0 Å². The number of hydrogen-bond acceptors (Lipinski definition) is 2. The Balaban J connectivity index is 3.93. The van der Waals surface area contributed by atoms with Crippen LogP contribution in [-0.2, 0) is 9.47 Å². The molecule has 0 rings (SSSR count). The van der Waals surface area contributed by atoms with Crippen molar-refractivity contribution in [3.05, 3.63) is 0 Å². The molecule has 0 saturated heterocycles. The maximum Gasteiger partial charge on any atom is 0.522 e. The Morgan fingerprint density at radius 1 is 1.00 bits per heavy atom. The standard InChI is InChI=1S/C6H8F6O2/c1-2-4(14-6(10,11)12)3-13-5(7,8)9/h4H,2-3H2,1H3. The lowest BCUT2D eigenvalue weighted by Crippen LogP contribution is -2.30. The summed E-state index contributed by atoms with van der Waals surface area (Å²) >= 11 is 0. The zero-order valence-electron chi connectivity index (χ0n) is 7.08. The second-order valence-corrected chi connectivity index (χ2v) is 2.35. The van der Waals surface area contributed by atoms with Crippen molar-refractivity contribution in [2.75, 3.05) is 6.61 Å². The fourth-order valence-electron chi connectivity index (χ4n) is 0.612. The van der Waals surface area contributed by atoms with Gasteiger partial charge in [0.2, 0.25) is 0 Å². The summed E-state index contributed by atoms with van der Waals surface area (Å²) in [7, 11) is 0. The zero-order chi connectivity index (χ0) is 11.4. The van der Waals surface area contributed by atoms with Crippen molar-refractivity contribution < 1.29 is 35.8 Å². The minimum atomic E-state index is -4.95. The van der Waals surface area contributed by atoms with Gasteiger partial charge in [0.05, 0.1) is 12.7 Å². The van der Waals surface area contributed by atoms with Crippen LogP contribution in [0.15, 0.2) is 0 Å². The highest BCUT2D eigenvalue weighted by Crippen LogP contribution is 2.22. The lowest BCUT2D eigenvalue weighted by Gasteiger charge is -2.18. The van der Waals surface area contributed by atoms with Gasteiger partial charge in [0.25, 0.3) is 0 Å². The highest BCUT2D eigenvalue weighted by molar-refractivity contribution is 4.54. The first-order valence-electron chi connectivity index (χ1n) is 3.59. The summed E-state index contributed by atoms with van der Waals surface area (Å²) < 4.78 is 75.5. The molecule has 14 heavy (non-hydrogen) atoms. The van der Waals surface area contributed by atoms with Crippen LogP contribution >= 0.6 is 0 Å². The molecule has 1 unspecified atom stereocenters. The molecule has 0 N–H and O–H groups in total. The maximum absolute atomic E-state index is 11.6. The van der Waals surface area contributed by atoms with Gasteiger partial charge in [0.15, 0.2) is 0 Å². The van der Waals surface area contributed by atoms with Gasteiger partial charge in [-0.2, -0.15) is 0 Å². The maximum atomic E-state index is 11.6. The Kier molecular flexibility index (Phi) is 4.66. The molecule has 0 aliphatic carbocycles. The van der Waals surface area contributed by atoms with Crippen LogP contribution in [0.5, 0.6) is 0 Å². The summed E-state index contributed by atoms with van der Waals surface area (Å²) in [6.45, 7) is 0.0929. The summed E-state index contributed by atoms with van der Waals surface area (Å²) in [5, 5.41) is 0. The predicted octanol–water partition coefficient (Wildman–Crippen LogP) is 2.84. The topological polar surface area (TPSA) is 18.5 Å². The molecular weight excluding hydrogens is 218 g/mol. The van der Waals surface area contributed by atoms with E-state index in [4.69, 9.17) is 0 Å². The van der Waals surface area contributed by atoms with Gasteiger partial charge in [-0.1, -0.05) is 6.92 Å².